The van der Waals surface area contributed by atoms with Gasteiger partial charge in [-0.15, -0.1) is 0 Å². The maximum Gasteiger partial charge on any atom is 0.254 e. The van der Waals surface area contributed by atoms with Crippen LogP contribution >= 0.6 is 15.9 Å². The number of amides is 1. The molecule has 0 atom stereocenters. The number of aromatic nitrogens is 1. The smallest absolute Gasteiger partial charge is 0.254 e. The summed E-state index contributed by atoms with van der Waals surface area (Å²) in [6.07, 6.45) is 0. The van der Waals surface area contributed by atoms with Crippen LogP contribution in [0.4, 0.5) is 4.39 Å². The molecule has 3 rings (SSSR count). The number of halogens is 2. The molecule has 0 unspecified atom stereocenters. The molecule has 0 spiro atoms. The zero-order valence-corrected chi connectivity index (χ0v) is 15.4. The second kappa shape index (κ2) is 6.80. The van der Waals surface area contributed by atoms with Gasteiger partial charge in [0, 0.05) is 42.1 Å². The molecule has 0 aliphatic heterocycles. The Kier molecular flexibility index (Phi) is 4.72. The van der Waals surface area contributed by atoms with Gasteiger partial charge >= 0.3 is 0 Å². The molecule has 3 aromatic rings. The maximum absolute atomic E-state index is 14.0. The summed E-state index contributed by atoms with van der Waals surface area (Å²) >= 11 is 3.30. The third-order valence-corrected chi connectivity index (χ3v) is 4.64. The van der Waals surface area contributed by atoms with Crippen molar-refractivity contribution < 1.29 is 9.18 Å². The Labute approximate surface area is 152 Å². The van der Waals surface area contributed by atoms with E-state index in [1.54, 1.807) is 38.4 Å². The third kappa shape index (κ3) is 3.35. The molecule has 0 saturated carbocycles. The van der Waals surface area contributed by atoms with Crippen LogP contribution in [0.15, 0.2) is 57.8 Å². The van der Waals surface area contributed by atoms with E-state index in [2.05, 4.69) is 15.9 Å². The molecule has 2 aromatic carbocycles. The Morgan fingerprint density at radius 1 is 1.20 bits per heavy atom. The van der Waals surface area contributed by atoms with Crippen molar-refractivity contribution in [3.8, 4) is 0 Å². The minimum Gasteiger partial charge on any atom is -0.337 e. The number of pyridine rings is 1. The first-order valence-corrected chi connectivity index (χ1v) is 8.46. The van der Waals surface area contributed by atoms with Gasteiger partial charge < -0.3 is 9.47 Å². The maximum atomic E-state index is 14.0. The summed E-state index contributed by atoms with van der Waals surface area (Å²) in [5.74, 6) is -0.704. The standard InChI is InChI=1S/C19H16BrFN2O2/c1-22(11-12-9-13(20)7-8-16(12)21)19(25)15-10-18(24)23(2)17-6-4-3-5-14(15)17/h3-10H,11H2,1-2H3. The van der Waals surface area contributed by atoms with E-state index in [4.69, 9.17) is 0 Å². The number of fused-ring (bicyclic) bond motifs is 1. The number of hydrogen-bond acceptors (Lipinski definition) is 2. The zero-order valence-electron chi connectivity index (χ0n) is 13.8. The van der Waals surface area contributed by atoms with Crippen LogP contribution in [0.25, 0.3) is 10.9 Å². The summed E-state index contributed by atoms with van der Waals surface area (Å²) in [5.41, 5.74) is 1.14. The van der Waals surface area contributed by atoms with E-state index in [9.17, 15) is 14.0 Å². The minimum absolute atomic E-state index is 0.105. The van der Waals surface area contributed by atoms with Crippen molar-refractivity contribution in [1.29, 1.82) is 0 Å². The molecule has 0 aliphatic rings. The van der Waals surface area contributed by atoms with Crippen LogP contribution in [-0.4, -0.2) is 22.4 Å². The van der Waals surface area contributed by atoms with Crippen molar-refractivity contribution in [2.75, 3.05) is 7.05 Å². The van der Waals surface area contributed by atoms with Gasteiger partial charge in [-0.1, -0.05) is 34.1 Å². The fourth-order valence-electron chi connectivity index (χ4n) is 2.79. The van der Waals surface area contributed by atoms with Gasteiger partial charge in [-0.2, -0.15) is 0 Å². The molecular formula is C19H16BrFN2O2. The molecule has 128 valence electrons. The highest BCUT2D eigenvalue weighted by Crippen LogP contribution is 2.20. The van der Waals surface area contributed by atoms with Crippen molar-refractivity contribution in [2.45, 2.75) is 6.54 Å². The molecule has 0 aliphatic carbocycles. The number of para-hydroxylation sites is 1. The summed E-state index contributed by atoms with van der Waals surface area (Å²) in [7, 11) is 3.26. The van der Waals surface area contributed by atoms with Gasteiger partial charge in [-0.05, 0) is 24.3 Å². The Bertz CT molecular complexity index is 1030. The summed E-state index contributed by atoms with van der Waals surface area (Å²) in [5, 5.41) is 0.691. The van der Waals surface area contributed by atoms with E-state index in [0.29, 0.717) is 22.0 Å². The fraction of sp³-hybridized carbons (Fsp3) is 0.158. The molecule has 0 fully saturated rings. The lowest BCUT2D eigenvalue weighted by molar-refractivity contribution is 0.0785. The normalized spacial score (nSPS) is 10.9. The van der Waals surface area contributed by atoms with E-state index >= 15 is 0 Å². The highest BCUT2D eigenvalue weighted by atomic mass is 79.9. The van der Waals surface area contributed by atoms with Gasteiger partial charge in [0.1, 0.15) is 5.82 Å². The van der Waals surface area contributed by atoms with Crippen LogP contribution in [-0.2, 0) is 13.6 Å². The van der Waals surface area contributed by atoms with Gasteiger partial charge in [0.2, 0.25) is 0 Å². The molecular weight excluding hydrogens is 387 g/mol. The van der Waals surface area contributed by atoms with Gasteiger partial charge in [-0.3, -0.25) is 9.59 Å². The van der Waals surface area contributed by atoms with Crippen molar-refractivity contribution in [1.82, 2.24) is 9.47 Å². The fourth-order valence-corrected chi connectivity index (χ4v) is 3.19. The number of rotatable bonds is 3. The topological polar surface area (TPSA) is 42.3 Å². The molecule has 0 saturated heterocycles. The van der Waals surface area contributed by atoms with Gasteiger partial charge in [0.05, 0.1) is 11.1 Å². The molecule has 0 bridgehead atoms. The van der Waals surface area contributed by atoms with Gasteiger partial charge in [-0.25, -0.2) is 4.39 Å². The molecule has 1 heterocycles. The average molecular weight is 403 g/mol. The van der Waals surface area contributed by atoms with Crippen LogP contribution in [0, 0.1) is 5.82 Å². The summed E-state index contributed by atoms with van der Waals surface area (Å²) in [6.45, 7) is 0.105. The van der Waals surface area contributed by atoms with Gasteiger partial charge in [0.15, 0.2) is 0 Å². The lowest BCUT2D eigenvalue weighted by Gasteiger charge is -2.19. The molecule has 0 radical (unpaired) electrons. The summed E-state index contributed by atoms with van der Waals surface area (Å²) in [4.78, 5) is 26.4. The lowest BCUT2D eigenvalue weighted by atomic mass is 10.1. The summed E-state index contributed by atoms with van der Waals surface area (Å²) < 4.78 is 16.2. The number of nitrogens with zero attached hydrogens (tertiary/aromatic N) is 2. The Morgan fingerprint density at radius 2 is 1.92 bits per heavy atom. The lowest BCUT2D eigenvalue weighted by Crippen LogP contribution is -2.29. The second-order valence-corrected chi connectivity index (χ2v) is 6.79. The van der Waals surface area contributed by atoms with Crippen LogP contribution < -0.4 is 5.56 Å². The van der Waals surface area contributed by atoms with Crippen molar-refractivity contribution >= 4 is 32.7 Å². The molecule has 25 heavy (non-hydrogen) atoms. The molecule has 6 heteroatoms. The predicted molar refractivity (Wildman–Crippen MR) is 99.1 cm³/mol. The first kappa shape index (κ1) is 17.4. The van der Waals surface area contributed by atoms with Crippen LogP contribution in [0.1, 0.15) is 15.9 Å². The largest absolute Gasteiger partial charge is 0.337 e. The Hall–Kier alpha value is -2.47. The Balaban J connectivity index is 2.01. The monoisotopic (exact) mass is 402 g/mol. The van der Waals surface area contributed by atoms with E-state index in [0.717, 1.165) is 4.47 Å². The molecule has 4 nitrogen and oxygen atoms in total. The highest BCUT2D eigenvalue weighted by Gasteiger charge is 2.18. The Morgan fingerprint density at radius 3 is 2.68 bits per heavy atom. The number of hydrogen-bond donors (Lipinski definition) is 0. The van der Waals surface area contributed by atoms with Crippen molar-refractivity contribution in [3.63, 3.8) is 0 Å². The van der Waals surface area contributed by atoms with E-state index in [-0.39, 0.29) is 23.8 Å². The van der Waals surface area contributed by atoms with Crippen molar-refractivity contribution in [2.24, 2.45) is 7.05 Å². The average Bonchev–Trinajstić information content (AvgIpc) is 2.60. The van der Waals surface area contributed by atoms with Crippen LogP contribution in [0.2, 0.25) is 0 Å². The van der Waals surface area contributed by atoms with Crippen molar-refractivity contribution in [3.05, 3.63) is 80.3 Å². The highest BCUT2D eigenvalue weighted by molar-refractivity contribution is 9.10. The number of carbonyl (C=O) groups is 1. The number of aryl methyl sites for hydroxylation is 1. The zero-order chi connectivity index (χ0) is 18.1. The SMILES string of the molecule is CN(Cc1cc(Br)ccc1F)C(=O)c1cc(=O)n(C)c2ccccc12. The van der Waals surface area contributed by atoms with Gasteiger partial charge in [0.25, 0.3) is 11.5 Å². The quantitative estimate of drug-likeness (QED) is 0.669. The first-order chi connectivity index (χ1) is 11.9. The first-order valence-electron chi connectivity index (χ1n) is 7.66. The molecule has 1 amide bonds. The van der Waals surface area contributed by atoms with Crippen LogP contribution in [0.3, 0.4) is 0 Å². The predicted octanol–water partition coefficient (Wildman–Crippen LogP) is 3.71. The third-order valence-electron chi connectivity index (χ3n) is 4.15. The van der Waals surface area contributed by atoms with E-state index in [1.165, 1.54) is 21.6 Å². The minimum atomic E-state index is -0.378. The number of benzene rings is 2. The van der Waals surface area contributed by atoms with E-state index < -0.39 is 0 Å². The second-order valence-electron chi connectivity index (χ2n) is 5.87. The van der Waals surface area contributed by atoms with Crippen LogP contribution in [0.5, 0.6) is 0 Å². The molecule has 0 N–H and O–H groups in total. The molecule has 1 aromatic heterocycles. The summed E-state index contributed by atoms with van der Waals surface area (Å²) in [6, 6.07) is 13.2. The van der Waals surface area contributed by atoms with E-state index in [1.807, 2.05) is 12.1 Å². The number of carbonyl (C=O) groups excluding carboxylic acids is 1.